The SMILES string of the molecule is O=C(COc1ccc(Cl)cc1)NN=Cc1ccccc1. The first-order chi connectivity index (χ1) is 9.74. The van der Waals surface area contributed by atoms with Gasteiger partial charge in [0.05, 0.1) is 6.21 Å². The molecule has 0 aliphatic rings. The van der Waals surface area contributed by atoms with Gasteiger partial charge in [0, 0.05) is 5.02 Å². The molecule has 0 unspecified atom stereocenters. The van der Waals surface area contributed by atoms with E-state index >= 15 is 0 Å². The summed E-state index contributed by atoms with van der Waals surface area (Å²) in [6.45, 7) is -0.103. The lowest BCUT2D eigenvalue weighted by atomic mass is 10.2. The van der Waals surface area contributed by atoms with Crippen molar-refractivity contribution >= 4 is 23.7 Å². The van der Waals surface area contributed by atoms with Crippen LogP contribution in [0.15, 0.2) is 59.7 Å². The molecule has 0 saturated carbocycles. The van der Waals surface area contributed by atoms with Gasteiger partial charge in [-0.1, -0.05) is 41.9 Å². The van der Waals surface area contributed by atoms with E-state index in [1.165, 1.54) is 0 Å². The van der Waals surface area contributed by atoms with Gasteiger partial charge in [-0.15, -0.1) is 0 Å². The van der Waals surface area contributed by atoms with Gasteiger partial charge in [0.1, 0.15) is 5.75 Å². The van der Waals surface area contributed by atoms with Gasteiger partial charge in [0.25, 0.3) is 5.91 Å². The number of carbonyl (C=O) groups excluding carboxylic acids is 1. The van der Waals surface area contributed by atoms with Crippen molar-refractivity contribution in [2.24, 2.45) is 5.10 Å². The first-order valence-corrected chi connectivity index (χ1v) is 6.37. The maximum absolute atomic E-state index is 11.5. The minimum Gasteiger partial charge on any atom is -0.484 e. The Hall–Kier alpha value is -2.33. The predicted molar refractivity (Wildman–Crippen MR) is 79.1 cm³/mol. The molecule has 4 nitrogen and oxygen atoms in total. The average Bonchev–Trinajstić information content (AvgIpc) is 2.48. The maximum atomic E-state index is 11.5. The quantitative estimate of drug-likeness (QED) is 0.679. The van der Waals surface area contributed by atoms with Crippen LogP contribution < -0.4 is 10.2 Å². The lowest BCUT2D eigenvalue weighted by Gasteiger charge is -2.04. The normalized spacial score (nSPS) is 10.4. The highest BCUT2D eigenvalue weighted by molar-refractivity contribution is 6.30. The number of rotatable bonds is 5. The van der Waals surface area contributed by atoms with Gasteiger partial charge >= 0.3 is 0 Å². The Kier molecular flexibility index (Phi) is 5.15. The van der Waals surface area contributed by atoms with Crippen LogP contribution in [0.5, 0.6) is 5.75 Å². The molecule has 2 aromatic carbocycles. The summed E-state index contributed by atoms with van der Waals surface area (Å²) < 4.78 is 5.28. The second kappa shape index (κ2) is 7.31. The van der Waals surface area contributed by atoms with Crippen molar-refractivity contribution in [3.05, 3.63) is 65.2 Å². The van der Waals surface area contributed by atoms with E-state index in [1.807, 2.05) is 30.3 Å². The summed E-state index contributed by atoms with van der Waals surface area (Å²) in [6, 6.07) is 16.3. The monoisotopic (exact) mass is 288 g/mol. The van der Waals surface area contributed by atoms with Crippen molar-refractivity contribution in [2.75, 3.05) is 6.61 Å². The first-order valence-electron chi connectivity index (χ1n) is 5.99. The van der Waals surface area contributed by atoms with Crippen molar-refractivity contribution in [2.45, 2.75) is 0 Å². The second-order valence-electron chi connectivity index (χ2n) is 3.95. The van der Waals surface area contributed by atoms with Gasteiger partial charge in [0.2, 0.25) is 0 Å². The molecule has 0 fully saturated rings. The molecule has 0 heterocycles. The number of hydrazone groups is 1. The summed E-state index contributed by atoms with van der Waals surface area (Å²) in [5.41, 5.74) is 3.30. The highest BCUT2D eigenvalue weighted by atomic mass is 35.5. The number of amides is 1. The van der Waals surface area contributed by atoms with E-state index in [1.54, 1.807) is 30.5 Å². The number of benzene rings is 2. The Morgan fingerprint density at radius 3 is 2.55 bits per heavy atom. The van der Waals surface area contributed by atoms with Gasteiger partial charge in [-0.05, 0) is 29.8 Å². The standard InChI is InChI=1S/C15H13ClN2O2/c16-13-6-8-14(9-7-13)20-11-15(19)18-17-10-12-4-2-1-3-5-12/h1-10H,11H2,(H,18,19). The van der Waals surface area contributed by atoms with Gasteiger partial charge in [-0.3, -0.25) is 4.79 Å². The van der Waals surface area contributed by atoms with E-state index in [2.05, 4.69) is 10.5 Å². The molecule has 0 aromatic heterocycles. The molecular weight excluding hydrogens is 276 g/mol. The minimum atomic E-state index is -0.327. The number of carbonyl (C=O) groups is 1. The largest absolute Gasteiger partial charge is 0.484 e. The summed E-state index contributed by atoms with van der Waals surface area (Å²) in [5, 5.41) is 4.46. The zero-order valence-electron chi connectivity index (χ0n) is 10.6. The third-order valence-corrected chi connectivity index (χ3v) is 2.64. The molecule has 0 spiro atoms. The molecule has 0 aliphatic heterocycles. The first kappa shape index (κ1) is 14.1. The maximum Gasteiger partial charge on any atom is 0.277 e. The lowest BCUT2D eigenvalue weighted by Crippen LogP contribution is -2.24. The number of nitrogens with one attached hydrogen (secondary N) is 1. The van der Waals surface area contributed by atoms with Crippen molar-refractivity contribution in [3.8, 4) is 5.75 Å². The van der Waals surface area contributed by atoms with E-state index in [0.29, 0.717) is 10.8 Å². The van der Waals surface area contributed by atoms with Crippen LogP contribution in [-0.2, 0) is 4.79 Å². The molecule has 1 amide bonds. The van der Waals surface area contributed by atoms with Crippen molar-refractivity contribution in [3.63, 3.8) is 0 Å². The Balaban J connectivity index is 1.76. The fourth-order valence-corrected chi connectivity index (χ4v) is 1.56. The van der Waals surface area contributed by atoms with E-state index in [9.17, 15) is 4.79 Å². The molecule has 0 bridgehead atoms. The van der Waals surface area contributed by atoms with E-state index in [-0.39, 0.29) is 12.5 Å². The van der Waals surface area contributed by atoms with Crippen LogP contribution in [0.4, 0.5) is 0 Å². The van der Waals surface area contributed by atoms with Gasteiger partial charge in [-0.2, -0.15) is 5.10 Å². The van der Waals surface area contributed by atoms with E-state index in [4.69, 9.17) is 16.3 Å². The summed E-state index contributed by atoms with van der Waals surface area (Å²) in [7, 11) is 0. The van der Waals surface area contributed by atoms with Crippen LogP contribution in [0.2, 0.25) is 5.02 Å². The Morgan fingerprint density at radius 1 is 1.15 bits per heavy atom. The molecular formula is C15H13ClN2O2. The number of hydrogen-bond acceptors (Lipinski definition) is 3. The van der Waals surface area contributed by atoms with Gasteiger partial charge < -0.3 is 4.74 Å². The van der Waals surface area contributed by atoms with Gasteiger partial charge in [-0.25, -0.2) is 5.43 Å². The number of hydrogen-bond donors (Lipinski definition) is 1. The van der Waals surface area contributed by atoms with Crippen LogP contribution in [-0.4, -0.2) is 18.7 Å². The zero-order chi connectivity index (χ0) is 14.2. The Morgan fingerprint density at radius 2 is 1.85 bits per heavy atom. The predicted octanol–water partition coefficient (Wildman–Crippen LogP) is 2.87. The smallest absolute Gasteiger partial charge is 0.277 e. The summed E-state index contributed by atoms with van der Waals surface area (Å²) >= 11 is 5.75. The summed E-state index contributed by atoms with van der Waals surface area (Å²) in [6.07, 6.45) is 1.57. The van der Waals surface area contributed by atoms with E-state index in [0.717, 1.165) is 5.56 Å². The van der Waals surface area contributed by atoms with E-state index < -0.39 is 0 Å². The second-order valence-corrected chi connectivity index (χ2v) is 4.38. The number of nitrogens with zero attached hydrogens (tertiary/aromatic N) is 1. The molecule has 0 atom stereocenters. The number of ether oxygens (including phenoxy) is 1. The molecule has 20 heavy (non-hydrogen) atoms. The molecule has 5 heteroatoms. The summed E-state index contributed by atoms with van der Waals surface area (Å²) in [4.78, 5) is 11.5. The Bertz CT molecular complexity index is 583. The fourth-order valence-electron chi connectivity index (χ4n) is 1.43. The third kappa shape index (κ3) is 4.74. The summed E-state index contributed by atoms with van der Waals surface area (Å²) in [5.74, 6) is 0.253. The molecule has 1 N–H and O–H groups in total. The highest BCUT2D eigenvalue weighted by Crippen LogP contribution is 2.15. The van der Waals surface area contributed by atoms with Crippen LogP contribution in [0, 0.1) is 0 Å². The molecule has 2 rings (SSSR count). The van der Waals surface area contributed by atoms with Crippen LogP contribution in [0.25, 0.3) is 0 Å². The lowest BCUT2D eigenvalue weighted by molar-refractivity contribution is -0.123. The van der Waals surface area contributed by atoms with Crippen molar-refractivity contribution < 1.29 is 9.53 Å². The molecule has 2 aromatic rings. The van der Waals surface area contributed by atoms with Gasteiger partial charge in [0.15, 0.2) is 6.61 Å². The number of halogens is 1. The average molecular weight is 289 g/mol. The molecule has 0 saturated heterocycles. The third-order valence-electron chi connectivity index (χ3n) is 2.39. The minimum absolute atomic E-state index is 0.103. The van der Waals surface area contributed by atoms with Crippen LogP contribution >= 0.6 is 11.6 Å². The van der Waals surface area contributed by atoms with Crippen molar-refractivity contribution in [1.29, 1.82) is 0 Å². The van der Waals surface area contributed by atoms with Crippen LogP contribution in [0.3, 0.4) is 0 Å². The zero-order valence-corrected chi connectivity index (χ0v) is 11.4. The molecule has 0 radical (unpaired) electrons. The fraction of sp³-hybridized carbons (Fsp3) is 0.0667. The Labute approximate surface area is 122 Å². The molecule has 0 aliphatic carbocycles. The van der Waals surface area contributed by atoms with Crippen LogP contribution in [0.1, 0.15) is 5.56 Å². The highest BCUT2D eigenvalue weighted by Gasteiger charge is 2.01. The van der Waals surface area contributed by atoms with Crippen molar-refractivity contribution in [1.82, 2.24) is 5.43 Å². The topological polar surface area (TPSA) is 50.7 Å². The molecule has 102 valence electrons.